The van der Waals surface area contributed by atoms with Gasteiger partial charge in [-0.1, -0.05) is 53.9 Å². The number of rotatable bonds is 15. The van der Waals surface area contributed by atoms with Gasteiger partial charge in [-0.3, -0.25) is 9.59 Å². The number of unbranched alkanes of at least 4 members (excludes halogenated alkanes) is 3. The molecular formula is C27H44O6. The lowest BCUT2D eigenvalue weighted by Gasteiger charge is -2.30. The van der Waals surface area contributed by atoms with E-state index in [4.69, 9.17) is 4.74 Å². The van der Waals surface area contributed by atoms with Gasteiger partial charge < -0.3 is 19.7 Å². The molecule has 0 amide bonds. The highest BCUT2D eigenvalue weighted by Gasteiger charge is 2.30. The summed E-state index contributed by atoms with van der Waals surface area (Å²) in [7, 11) is 1.37. The second-order valence-electron chi connectivity index (χ2n) is 10.2. The van der Waals surface area contributed by atoms with Gasteiger partial charge in [-0.15, -0.1) is 0 Å². The van der Waals surface area contributed by atoms with Crippen molar-refractivity contribution in [2.75, 3.05) is 13.7 Å². The van der Waals surface area contributed by atoms with Crippen LogP contribution in [-0.2, 0) is 29.9 Å². The van der Waals surface area contributed by atoms with Gasteiger partial charge in [-0.05, 0) is 55.1 Å². The van der Waals surface area contributed by atoms with E-state index < -0.39 is 10.8 Å². The largest absolute Gasteiger partial charge is 0.508 e. The van der Waals surface area contributed by atoms with Crippen LogP contribution in [0.4, 0.5) is 0 Å². The number of aromatic hydroxyl groups is 2. The summed E-state index contributed by atoms with van der Waals surface area (Å²) in [5.74, 6) is -0.175. The van der Waals surface area contributed by atoms with E-state index in [9.17, 15) is 19.8 Å². The molecule has 0 aliphatic rings. The number of phenols is 2. The fraction of sp³-hybridized carbons (Fsp3) is 0.704. The Kier molecular flexibility index (Phi) is 11.7. The van der Waals surface area contributed by atoms with E-state index >= 15 is 0 Å². The summed E-state index contributed by atoms with van der Waals surface area (Å²) in [5, 5.41) is 21.5. The highest BCUT2D eigenvalue weighted by molar-refractivity contribution is 5.69. The number of carbonyl (C=O) groups is 2. The summed E-state index contributed by atoms with van der Waals surface area (Å²) in [6.07, 6.45) is 7.56. The van der Waals surface area contributed by atoms with E-state index in [-0.39, 0.29) is 23.4 Å². The van der Waals surface area contributed by atoms with E-state index in [1.165, 1.54) is 7.11 Å². The number of methoxy groups -OCH3 is 1. The summed E-state index contributed by atoms with van der Waals surface area (Å²) < 4.78 is 9.99. The fourth-order valence-electron chi connectivity index (χ4n) is 4.17. The van der Waals surface area contributed by atoms with Crippen LogP contribution in [0.1, 0.15) is 110 Å². The summed E-state index contributed by atoms with van der Waals surface area (Å²) in [6.45, 7) is 10.6. The van der Waals surface area contributed by atoms with Crippen LogP contribution >= 0.6 is 0 Å². The summed E-state index contributed by atoms with van der Waals surface area (Å²) in [4.78, 5) is 23.4. The van der Waals surface area contributed by atoms with Gasteiger partial charge in [0.1, 0.15) is 11.5 Å². The average molecular weight is 465 g/mol. The number of carbonyl (C=O) groups excluding carboxylic acids is 2. The van der Waals surface area contributed by atoms with E-state index in [1.807, 2.05) is 27.7 Å². The SMILES string of the molecule is CCCCCCOC(=O)CCCC(C)(C)c1cc(O)c(C(C)(C)CCCC(=O)OC)cc1O. The Bertz CT molecular complexity index is 766. The standard InChI is InChI=1S/C27H44O6/c1-7-8-9-10-17-33-25(31)14-12-16-27(4,5)21-19-22(28)20(18-23(21)29)26(2,3)15-11-13-24(30)32-6/h18-19,28-29H,7-17H2,1-6H3. The maximum absolute atomic E-state index is 12.0. The first-order valence-corrected chi connectivity index (χ1v) is 12.2. The molecule has 6 heteroatoms. The molecule has 1 rings (SSSR count). The van der Waals surface area contributed by atoms with E-state index in [0.717, 1.165) is 25.7 Å². The van der Waals surface area contributed by atoms with Gasteiger partial charge in [-0.2, -0.15) is 0 Å². The molecule has 1 aromatic rings. The van der Waals surface area contributed by atoms with Crippen molar-refractivity contribution >= 4 is 11.9 Å². The molecule has 0 aliphatic heterocycles. The minimum Gasteiger partial charge on any atom is -0.508 e. The number of esters is 2. The van der Waals surface area contributed by atoms with Gasteiger partial charge in [-0.25, -0.2) is 0 Å². The quantitative estimate of drug-likeness (QED) is 0.180. The molecule has 0 atom stereocenters. The molecule has 0 aliphatic carbocycles. The third kappa shape index (κ3) is 9.65. The highest BCUT2D eigenvalue weighted by atomic mass is 16.5. The molecule has 0 spiro atoms. The predicted molar refractivity (Wildman–Crippen MR) is 131 cm³/mol. The lowest BCUT2D eigenvalue weighted by Crippen LogP contribution is -2.21. The van der Waals surface area contributed by atoms with Gasteiger partial charge >= 0.3 is 11.9 Å². The van der Waals surface area contributed by atoms with Crippen molar-refractivity contribution in [2.24, 2.45) is 0 Å². The first-order valence-electron chi connectivity index (χ1n) is 12.2. The molecule has 0 bridgehead atoms. The summed E-state index contributed by atoms with van der Waals surface area (Å²) in [6, 6.07) is 3.27. The molecule has 0 unspecified atom stereocenters. The molecular weight excluding hydrogens is 420 g/mol. The fourth-order valence-corrected chi connectivity index (χ4v) is 4.17. The number of phenolic OH excluding ortho intramolecular Hbond substituents is 2. The molecule has 0 fully saturated rings. The molecule has 0 saturated carbocycles. The summed E-state index contributed by atoms with van der Waals surface area (Å²) in [5.41, 5.74) is 0.466. The lowest BCUT2D eigenvalue weighted by atomic mass is 9.75. The second-order valence-corrected chi connectivity index (χ2v) is 10.2. The molecule has 0 heterocycles. The van der Waals surface area contributed by atoms with Crippen molar-refractivity contribution in [3.05, 3.63) is 23.3 Å². The number of hydrogen-bond acceptors (Lipinski definition) is 6. The van der Waals surface area contributed by atoms with E-state index in [1.54, 1.807) is 12.1 Å². The Hall–Kier alpha value is -2.24. The molecule has 1 aromatic carbocycles. The van der Waals surface area contributed by atoms with Crippen molar-refractivity contribution in [2.45, 2.75) is 110 Å². The third-order valence-electron chi connectivity index (χ3n) is 6.43. The third-order valence-corrected chi connectivity index (χ3v) is 6.43. The number of hydrogen-bond donors (Lipinski definition) is 2. The van der Waals surface area contributed by atoms with Crippen LogP contribution in [0.5, 0.6) is 11.5 Å². The van der Waals surface area contributed by atoms with E-state index in [0.29, 0.717) is 56.3 Å². The van der Waals surface area contributed by atoms with Gasteiger partial charge in [0.15, 0.2) is 0 Å². The van der Waals surface area contributed by atoms with Gasteiger partial charge in [0.25, 0.3) is 0 Å². The van der Waals surface area contributed by atoms with Crippen LogP contribution in [-0.4, -0.2) is 35.9 Å². The molecule has 2 N–H and O–H groups in total. The van der Waals surface area contributed by atoms with Crippen LogP contribution in [0.3, 0.4) is 0 Å². The molecule has 33 heavy (non-hydrogen) atoms. The van der Waals surface area contributed by atoms with Gasteiger partial charge in [0, 0.05) is 24.0 Å². The Balaban J connectivity index is 2.71. The van der Waals surface area contributed by atoms with Crippen LogP contribution in [0.15, 0.2) is 12.1 Å². The highest BCUT2D eigenvalue weighted by Crippen LogP contribution is 2.43. The average Bonchev–Trinajstić information content (AvgIpc) is 2.74. The Labute approximate surface area is 199 Å². The Morgan fingerprint density at radius 1 is 0.788 bits per heavy atom. The normalized spacial score (nSPS) is 11.9. The van der Waals surface area contributed by atoms with Crippen LogP contribution in [0.2, 0.25) is 0 Å². The van der Waals surface area contributed by atoms with Crippen LogP contribution < -0.4 is 0 Å². The number of ether oxygens (including phenoxy) is 2. The minimum atomic E-state index is -0.420. The topological polar surface area (TPSA) is 93.1 Å². The van der Waals surface area contributed by atoms with Crippen molar-refractivity contribution in [1.29, 1.82) is 0 Å². The molecule has 0 saturated heterocycles. The van der Waals surface area contributed by atoms with Crippen LogP contribution in [0, 0.1) is 0 Å². The van der Waals surface area contributed by atoms with Crippen molar-refractivity contribution in [3.8, 4) is 11.5 Å². The Morgan fingerprint density at radius 3 is 1.73 bits per heavy atom. The zero-order valence-corrected chi connectivity index (χ0v) is 21.5. The molecule has 0 radical (unpaired) electrons. The predicted octanol–water partition coefficient (Wildman–Crippen LogP) is 6.29. The van der Waals surface area contributed by atoms with Crippen LogP contribution in [0.25, 0.3) is 0 Å². The molecule has 6 nitrogen and oxygen atoms in total. The first-order chi connectivity index (χ1) is 15.4. The zero-order chi connectivity index (χ0) is 25.1. The van der Waals surface area contributed by atoms with Crippen molar-refractivity contribution in [3.63, 3.8) is 0 Å². The first kappa shape index (κ1) is 28.8. The maximum Gasteiger partial charge on any atom is 0.305 e. The minimum absolute atomic E-state index is 0.130. The maximum atomic E-state index is 12.0. The van der Waals surface area contributed by atoms with Crippen molar-refractivity contribution < 1.29 is 29.3 Å². The monoisotopic (exact) mass is 464 g/mol. The second kappa shape index (κ2) is 13.5. The Morgan fingerprint density at radius 2 is 1.27 bits per heavy atom. The molecule has 0 aromatic heterocycles. The van der Waals surface area contributed by atoms with Crippen molar-refractivity contribution in [1.82, 2.24) is 0 Å². The number of benzene rings is 1. The van der Waals surface area contributed by atoms with Gasteiger partial charge in [0.2, 0.25) is 0 Å². The smallest absolute Gasteiger partial charge is 0.305 e. The van der Waals surface area contributed by atoms with Gasteiger partial charge in [0.05, 0.1) is 13.7 Å². The lowest BCUT2D eigenvalue weighted by molar-refractivity contribution is -0.144. The zero-order valence-electron chi connectivity index (χ0n) is 21.5. The summed E-state index contributed by atoms with van der Waals surface area (Å²) >= 11 is 0. The van der Waals surface area contributed by atoms with E-state index in [2.05, 4.69) is 11.7 Å². The molecule has 188 valence electrons.